The maximum atomic E-state index is 6.13. The quantitative estimate of drug-likeness (QED) is 0.874. The van der Waals surface area contributed by atoms with Crippen molar-refractivity contribution in [1.82, 2.24) is 10.3 Å². The molecule has 0 saturated carbocycles. The Morgan fingerprint density at radius 3 is 2.63 bits per heavy atom. The first-order chi connectivity index (χ1) is 9.19. The highest BCUT2D eigenvalue weighted by Crippen LogP contribution is 2.26. The van der Waals surface area contributed by atoms with Crippen molar-refractivity contribution in [3.05, 3.63) is 63.3 Å². The van der Waals surface area contributed by atoms with E-state index in [1.54, 1.807) is 0 Å². The summed E-state index contributed by atoms with van der Waals surface area (Å²) in [7, 11) is 0. The number of rotatable bonds is 5. The number of hydrogen-bond acceptors (Lipinski definition) is 2. The molecule has 0 aliphatic heterocycles. The van der Waals surface area contributed by atoms with Crippen LogP contribution in [0.4, 0.5) is 0 Å². The first-order valence-corrected chi connectivity index (χ1v) is 7.44. The van der Waals surface area contributed by atoms with Crippen molar-refractivity contribution in [2.45, 2.75) is 19.4 Å². The lowest BCUT2D eigenvalue weighted by atomic mass is 9.99. The van der Waals surface area contributed by atoms with E-state index in [1.165, 1.54) is 11.1 Å². The summed E-state index contributed by atoms with van der Waals surface area (Å²) in [6, 6.07) is 10.4. The topological polar surface area (TPSA) is 24.9 Å². The fourth-order valence-corrected chi connectivity index (χ4v) is 2.97. The van der Waals surface area contributed by atoms with Gasteiger partial charge in [0.15, 0.2) is 0 Å². The molecule has 0 aliphatic carbocycles. The summed E-state index contributed by atoms with van der Waals surface area (Å²) in [5.41, 5.74) is 2.45. The highest BCUT2D eigenvalue weighted by Gasteiger charge is 2.12. The number of aromatic nitrogens is 1. The van der Waals surface area contributed by atoms with Crippen LogP contribution in [0.15, 0.2) is 47.2 Å². The molecule has 0 spiro atoms. The third-order valence-electron chi connectivity index (χ3n) is 2.93. The monoisotopic (exact) mass is 338 g/mol. The first kappa shape index (κ1) is 14.5. The molecule has 2 rings (SSSR count). The van der Waals surface area contributed by atoms with E-state index in [1.807, 2.05) is 36.7 Å². The van der Waals surface area contributed by atoms with Crippen LogP contribution in [0, 0.1) is 0 Å². The summed E-state index contributed by atoms with van der Waals surface area (Å²) >= 11 is 9.63. The van der Waals surface area contributed by atoms with Crippen LogP contribution in [0.1, 0.15) is 24.1 Å². The van der Waals surface area contributed by atoms with Gasteiger partial charge in [-0.25, -0.2) is 0 Å². The Morgan fingerprint density at radius 1 is 1.26 bits per heavy atom. The number of nitrogens with one attached hydrogen (secondary N) is 1. The third kappa shape index (κ3) is 4.30. The molecule has 0 bridgehead atoms. The number of halogens is 2. The van der Waals surface area contributed by atoms with E-state index in [-0.39, 0.29) is 6.04 Å². The number of nitrogens with zero attached hydrogens (tertiary/aromatic N) is 1. The maximum Gasteiger partial charge on any atom is 0.0420 e. The lowest BCUT2D eigenvalue weighted by molar-refractivity contribution is 0.549. The molecule has 0 aliphatic rings. The molecule has 2 aromatic rings. The van der Waals surface area contributed by atoms with E-state index in [0.29, 0.717) is 0 Å². The second kappa shape index (κ2) is 7.04. The average molecular weight is 340 g/mol. The Kier molecular flexibility index (Phi) is 5.37. The average Bonchev–Trinajstić information content (AvgIpc) is 2.38. The minimum atomic E-state index is 0.252. The van der Waals surface area contributed by atoms with Crippen molar-refractivity contribution in [2.75, 3.05) is 6.54 Å². The van der Waals surface area contributed by atoms with Gasteiger partial charge in [-0.15, -0.1) is 0 Å². The fraction of sp³-hybridized carbons (Fsp3) is 0.267. The number of likely N-dealkylation sites (N-methyl/N-ethyl adjacent to an activating group) is 1. The largest absolute Gasteiger partial charge is 0.310 e. The van der Waals surface area contributed by atoms with Gasteiger partial charge in [0.25, 0.3) is 0 Å². The van der Waals surface area contributed by atoms with Crippen LogP contribution in [0.5, 0.6) is 0 Å². The highest BCUT2D eigenvalue weighted by atomic mass is 79.9. The molecule has 1 N–H and O–H groups in total. The molecule has 0 radical (unpaired) electrons. The zero-order valence-electron chi connectivity index (χ0n) is 10.7. The third-order valence-corrected chi connectivity index (χ3v) is 3.60. The Morgan fingerprint density at radius 2 is 2.00 bits per heavy atom. The molecule has 2 nitrogen and oxygen atoms in total. The molecular formula is C15H16BrClN2. The number of pyridine rings is 1. The van der Waals surface area contributed by atoms with E-state index in [4.69, 9.17) is 11.6 Å². The van der Waals surface area contributed by atoms with E-state index in [2.05, 4.69) is 39.2 Å². The zero-order valence-corrected chi connectivity index (χ0v) is 13.1. The number of hydrogen-bond donors (Lipinski definition) is 1. The van der Waals surface area contributed by atoms with E-state index in [0.717, 1.165) is 22.5 Å². The Hall–Kier alpha value is -0.900. The van der Waals surface area contributed by atoms with Gasteiger partial charge >= 0.3 is 0 Å². The molecule has 1 aromatic carbocycles. The molecular weight excluding hydrogens is 324 g/mol. The van der Waals surface area contributed by atoms with Gasteiger partial charge in [0.1, 0.15) is 0 Å². The van der Waals surface area contributed by atoms with Gasteiger partial charge in [0.05, 0.1) is 0 Å². The van der Waals surface area contributed by atoms with Crippen LogP contribution >= 0.6 is 27.5 Å². The van der Waals surface area contributed by atoms with Crippen molar-refractivity contribution in [1.29, 1.82) is 0 Å². The van der Waals surface area contributed by atoms with Crippen molar-refractivity contribution in [3.63, 3.8) is 0 Å². The predicted molar refractivity (Wildman–Crippen MR) is 83.5 cm³/mol. The second-order valence-corrected chi connectivity index (χ2v) is 5.72. The standard InChI is InChI=1S/C15H16BrClN2/c1-2-19-15(7-11-3-5-18-6-4-11)12-8-13(16)10-14(17)9-12/h3-6,8-10,15,19H,2,7H2,1H3. The summed E-state index contributed by atoms with van der Waals surface area (Å²) in [5.74, 6) is 0. The molecule has 19 heavy (non-hydrogen) atoms. The fourth-order valence-electron chi connectivity index (χ4n) is 2.09. The summed E-state index contributed by atoms with van der Waals surface area (Å²) in [6.07, 6.45) is 4.57. The van der Waals surface area contributed by atoms with Crippen molar-refractivity contribution < 1.29 is 0 Å². The summed E-state index contributed by atoms with van der Waals surface area (Å²) in [5, 5.41) is 4.25. The molecule has 0 fully saturated rings. The van der Waals surface area contributed by atoms with Crippen LogP contribution in [-0.2, 0) is 6.42 Å². The minimum absolute atomic E-state index is 0.252. The first-order valence-electron chi connectivity index (χ1n) is 6.27. The molecule has 0 saturated heterocycles. The van der Waals surface area contributed by atoms with Gasteiger partial charge in [-0.1, -0.05) is 34.5 Å². The maximum absolute atomic E-state index is 6.13. The van der Waals surface area contributed by atoms with Gasteiger partial charge in [-0.3, -0.25) is 4.98 Å². The Bertz CT molecular complexity index is 511. The van der Waals surface area contributed by atoms with E-state index < -0.39 is 0 Å². The summed E-state index contributed by atoms with van der Waals surface area (Å²) < 4.78 is 1.01. The molecule has 100 valence electrons. The van der Waals surface area contributed by atoms with Crippen LogP contribution < -0.4 is 5.32 Å². The van der Waals surface area contributed by atoms with Gasteiger partial charge < -0.3 is 5.32 Å². The summed E-state index contributed by atoms with van der Waals surface area (Å²) in [6.45, 7) is 3.03. The molecule has 1 aromatic heterocycles. The highest BCUT2D eigenvalue weighted by molar-refractivity contribution is 9.10. The van der Waals surface area contributed by atoms with Gasteiger partial charge in [0, 0.05) is 27.9 Å². The molecule has 4 heteroatoms. The normalized spacial score (nSPS) is 12.4. The van der Waals surface area contributed by atoms with Crippen molar-refractivity contribution in [2.24, 2.45) is 0 Å². The van der Waals surface area contributed by atoms with E-state index >= 15 is 0 Å². The minimum Gasteiger partial charge on any atom is -0.310 e. The van der Waals surface area contributed by atoms with E-state index in [9.17, 15) is 0 Å². The van der Waals surface area contributed by atoms with Gasteiger partial charge in [-0.05, 0) is 54.4 Å². The molecule has 1 unspecified atom stereocenters. The van der Waals surface area contributed by atoms with Crippen LogP contribution in [0.2, 0.25) is 5.02 Å². The molecule has 1 atom stereocenters. The van der Waals surface area contributed by atoms with Crippen LogP contribution in [-0.4, -0.2) is 11.5 Å². The second-order valence-electron chi connectivity index (χ2n) is 4.37. The van der Waals surface area contributed by atoms with Gasteiger partial charge in [0.2, 0.25) is 0 Å². The van der Waals surface area contributed by atoms with Crippen molar-refractivity contribution >= 4 is 27.5 Å². The SMILES string of the molecule is CCNC(Cc1ccncc1)c1cc(Cl)cc(Br)c1. The zero-order chi connectivity index (χ0) is 13.7. The van der Waals surface area contributed by atoms with Crippen LogP contribution in [0.3, 0.4) is 0 Å². The van der Waals surface area contributed by atoms with Crippen LogP contribution in [0.25, 0.3) is 0 Å². The summed E-state index contributed by atoms with van der Waals surface area (Å²) in [4.78, 5) is 4.05. The Balaban J connectivity index is 2.24. The van der Waals surface area contributed by atoms with Gasteiger partial charge in [-0.2, -0.15) is 0 Å². The lowest BCUT2D eigenvalue weighted by Crippen LogP contribution is -2.23. The Labute approximate surface area is 127 Å². The van der Waals surface area contributed by atoms with Crippen molar-refractivity contribution in [3.8, 4) is 0 Å². The lowest BCUT2D eigenvalue weighted by Gasteiger charge is -2.19. The molecule has 0 amide bonds. The predicted octanol–water partition coefficient (Wildman–Crippen LogP) is 4.39. The number of benzene rings is 1. The molecule has 1 heterocycles. The smallest absolute Gasteiger partial charge is 0.0420 e.